The number of amides is 2. The summed E-state index contributed by atoms with van der Waals surface area (Å²) in [6.07, 6.45) is 0.629. The first-order chi connectivity index (χ1) is 17.3. The molecule has 0 aromatic heterocycles. The van der Waals surface area contributed by atoms with E-state index < -0.39 is 21.2 Å². The molecule has 36 heavy (non-hydrogen) atoms. The first-order valence-electron chi connectivity index (χ1n) is 11.2. The SMILES string of the molecule is CCc1ccc(S(=O)(=O)N=C2S[C@H](CC(=O)Nc3ccc(OC)cc3)C(=O)N2c2ccccc2)cc1. The van der Waals surface area contributed by atoms with E-state index in [2.05, 4.69) is 9.71 Å². The van der Waals surface area contributed by atoms with Crippen LogP contribution in [0.3, 0.4) is 0 Å². The molecule has 0 spiro atoms. The maximum absolute atomic E-state index is 13.3. The number of methoxy groups -OCH3 is 1. The molecule has 1 N–H and O–H groups in total. The zero-order chi connectivity index (χ0) is 25.7. The largest absolute Gasteiger partial charge is 0.497 e. The molecule has 0 unspecified atom stereocenters. The number of carbonyl (C=O) groups excluding carboxylic acids is 2. The Hall–Kier alpha value is -3.63. The van der Waals surface area contributed by atoms with Crippen LogP contribution in [-0.2, 0) is 26.0 Å². The zero-order valence-electron chi connectivity index (χ0n) is 19.7. The van der Waals surface area contributed by atoms with Crippen molar-refractivity contribution in [2.45, 2.75) is 29.9 Å². The first kappa shape index (κ1) is 25.5. The van der Waals surface area contributed by atoms with Gasteiger partial charge in [0.15, 0.2) is 5.17 Å². The van der Waals surface area contributed by atoms with Gasteiger partial charge in [0, 0.05) is 12.1 Å². The highest BCUT2D eigenvalue weighted by Crippen LogP contribution is 2.35. The smallest absolute Gasteiger partial charge is 0.284 e. The minimum absolute atomic E-state index is 0.00742. The summed E-state index contributed by atoms with van der Waals surface area (Å²) in [6, 6.07) is 22.0. The van der Waals surface area contributed by atoms with E-state index in [0.717, 1.165) is 23.7 Å². The summed E-state index contributed by atoms with van der Waals surface area (Å²) in [5.41, 5.74) is 2.03. The van der Waals surface area contributed by atoms with Gasteiger partial charge in [-0.1, -0.05) is 49.0 Å². The van der Waals surface area contributed by atoms with E-state index in [1.807, 2.05) is 6.92 Å². The fourth-order valence-corrected chi connectivity index (χ4v) is 5.92. The molecule has 0 radical (unpaired) electrons. The van der Waals surface area contributed by atoms with Crippen molar-refractivity contribution in [2.75, 3.05) is 17.3 Å². The van der Waals surface area contributed by atoms with Crippen LogP contribution in [0.25, 0.3) is 0 Å². The maximum Gasteiger partial charge on any atom is 0.284 e. The van der Waals surface area contributed by atoms with Gasteiger partial charge in [-0.05, 0) is 60.5 Å². The van der Waals surface area contributed by atoms with Crippen molar-refractivity contribution in [1.29, 1.82) is 0 Å². The Kier molecular flexibility index (Phi) is 7.76. The van der Waals surface area contributed by atoms with Crippen molar-refractivity contribution in [3.8, 4) is 5.75 Å². The second kappa shape index (κ2) is 11.0. The molecule has 2 amide bonds. The fourth-order valence-electron chi connectivity index (χ4n) is 3.58. The molecule has 1 heterocycles. The molecule has 1 aliphatic rings. The van der Waals surface area contributed by atoms with E-state index in [9.17, 15) is 18.0 Å². The molecule has 3 aromatic carbocycles. The monoisotopic (exact) mass is 523 g/mol. The van der Waals surface area contributed by atoms with E-state index in [-0.39, 0.29) is 22.4 Å². The molecular weight excluding hydrogens is 498 g/mol. The lowest BCUT2D eigenvalue weighted by atomic mass is 10.2. The standard InChI is InChI=1S/C26H25N3O5S2/c1-3-18-9-15-22(16-10-18)36(32,33)28-26-29(20-7-5-4-6-8-20)25(31)23(35-26)17-24(30)27-19-11-13-21(34-2)14-12-19/h4-16,23H,3,17H2,1-2H3,(H,27,30)/t23-/m1/s1. The number of rotatable bonds is 8. The summed E-state index contributed by atoms with van der Waals surface area (Å²) < 4.78 is 35.3. The number of hydrogen-bond donors (Lipinski definition) is 1. The number of aryl methyl sites for hydroxylation is 1. The highest BCUT2D eigenvalue weighted by molar-refractivity contribution is 8.16. The molecule has 1 fully saturated rings. The highest BCUT2D eigenvalue weighted by Gasteiger charge is 2.41. The quantitative estimate of drug-likeness (QED) is 0.467. The lowest BCUT2D eigenvalue weighted by Gasteiger charge is -2.16. The van der Waals surface area contributed by atoms with Gasteiger partial charge in [-0.3, -0.25) is 14.5 Å². The normalized spacial score (nSPS) is 16.8. The molecular formula is C26H25N3O5S2. The molecule has 0 aliphatic carbocycles. The van der Waals surface area contributed by atoms with Gasteiger partial charge in [-0.2, -0.15) is 8.42 Å². The molecule has 10 heteroatoms. The van der Waals surface area contributed by atoms with Gasteiger partial charge in [0.2, 0.25) is 11.8 Å². The highest BCUT2D eigenvalue weighted by atomic mass is 32.2. The molecule has 186 valence electrons. The lowest BCUT2D eigenvalue weighted by Crippen LogP contribution is -2.33. The summed E-state index contributed by atoms with van der Waals surface area (Å²) >= 11 is 0.962. The third kappa shape index (κ3) is 5.77. The van der Waals surface area contributed by atoms with Crippen LogP contribution in [0.5, 0.6) is 5.75 Å². The van der Waals surface area contributed by atoms with Crippen LogP contribution in [0, 0.1) is 0 Å². The summed E-state index contributed by atoms with van der Waals surface area (Å²) in [5, 5.41) is 1.93. The Balaban J connectivity index is 1.59. The number of para-hydroxylation sites is 1. The third-order valence-electron chi connectivity index (χ3n) is 5.52. The van der Waals surface area contributed by atoms with Crippen molar-refractivity contribution in [2.24, 2.45) is 4.40 Å². The zero-order valence-corrected chi connectivity index (χ0v) is 21.4. The minimum atomic E-state index is -4.08. The summed E-state index contributed by atoms with van der Waals surface area (Å²) in [6.45, 7) is 1.98. The van der Waals surface area contributed by atoms with Crippen molar-refractivity contribution < 1.29 is 22.7 Å². The molecule has 3 aromatic rings. The van der Waals surface area contributed by atoms with Gasteiger partial charge < -0.3 is 10.1 Å². The predicted molar refractivity (Wildman–Crippen MR) is 142 cm³/mol. The fraction of sp³-hybridized carbons (Fsp3) is 0.192. The van der Waals surface area contributed by atoms with E-state index in [1.54, 1.807) is 73.8 Å². The van der Waals surface area contributed by atoms with Gasteiger partial charge in [0.05, 0.1) is 17.7 Å². The van der Waals surface area contributed by atoms with Crippen LogP contribution in [-0.4, -0.2) is 37.8 Å². The molecule has 0 bridgehead atoms. The number of nitrogens with zero attached hydrogens (tertiary/aromatic N) is 2. The number of benzene rings is 3. The predicted octanol–water partition coefficient (Wildman–Crippen LogP) is 4.48. The lowest BCUT2D eigenvalue weighted by molar-refractivity contribution is -0.121. The molecule has 1 saturated heterocycles. The van der Waals surface area contributed by atoms with Gasteiger partial charge in [-0.25, -0.2) is 0 Å². The van der Waals surface area contributed by atoms with Gasteiger partial charge >= 0.3 is 0 Å². The summed E-state index contributed by atoms with van der Waals surface area (Å²) in [5.74, 6) is -0.135. The van der Waals surface area contributed by atoms with E-state index in [0.29, 0.717) is 17.1 Å². The van der Waals surface area contributed by atoms with Crippen LogP contribution in [0.2, 0.25) is 0 Å². The van der Waals surface area contributed by atoms with Crippen LogP contribution in [0.4, 0.5) is 11.4 Å². The Morgan fingerprint density at radius 2 is 1.69 bits per heavy atom. The van der Waals surface area contributed by atoms with Crippen molar-refractivity contribution in [3.63, 3.8) is 0 Å². The Morgan fingerprint density at radius 1 is 1.03 bits per heavy atom. The Bertz CT molecular complexity index is 1370. The second-order valence-corrected chi connectivity index (χ2v) is 10.7. The average molecular weight is 524 g/mol. The number of amidine groups is 1. The van der Waals surface area contributed by atoms with Gasteiger partial charge in [0.1, 0.15) is 11.0 Å². The third-order valence-corrected chi connectivity index (χ3v) is 8.06. The van der Waals surface area contributed by atoms with Crippen molar-refractivity contribution in [1.82, 2.24) is 0 Å². The molecule has 4 rings (SSSR count). The minimum Gasteiger partial charge on any atom is -0.497 e. The van der Waals surface area contributed by atoms with Crippen LogP contribution in [0.1, 0.15) is 18.9 Å². The van der Waals surface area contributed by atoms with Crippen LogP contribution >= 0.6 is 11.8 Å². The number of ether oxygens (including phenoxy) is 1. The Labute approximate surface area is 214 Å². The molecule has 0 saturated carbocycles. The van der Waals surface area contributed by atoms with Gasteiger partial charge in [-0.15, -0.1) is 4.40 Å². The number of sulfonamides is 1. The number of carbonyl (C=O) groups is 2. The molecule has 1 atom stereocenters. The van der Waals surface area contributed by atoms with Crippen molar-refractivity contribution in [3.05, 3.63) is 84.4 Å². The Morgan fingerprint density at radius 3 is 2.31 bits per heavy atom. The number of hydrogen-bond acceptors (Lipinski definition) is 6. The number of anilines is 2. The van der Waals surface area contributed by atoms with Crippen LogP contribution in [0.15, 0.2) is 88.2 Å². The number of thioether (sulfide) groups is 1. The van der Waals surface area contributed by atoms with Crippen LogP contribution < -0.4 is 15.0 Å². The number of nitrogens with one attached hydrogen (secondary N) is 1. The van der Waals surface area contributed by atoms with E-state index in [1.165, 1.54) is 17.0 Å². The molecule has 8 nitrogen and oxygen atoms in total. The summed E-state index contributed by atoms with van der Waals surface area (Å²) in [4.78, 5) is 27.3. The summed E-state index contributed by atoms with van der Waals surface area (Å²) in [7, 11) is -2.53. The first-order valence-corrected chi connectivity index (χ1v) is 13.6. The topological polar surface area (TPSA) is 105 Å². The van der Waals surface area contributed by atoms with E-state index >= 15 is 0 Å². The molecule has 1 aliphatic heterocycles. The van der Waals surface area contributed by atoms with Gasteiger partial charge in [0.25, 0.3) is 10.0 Å². The maximum atomic E-state index is 13.3. The second-order valence-electron chi connectivity index (χ2n) is 7.94. The van der Waals surface area contributed by atoms with Crippen molar-refractivity contribution >= 4 is 50.1 Å². The average Bonchev–Trinajstić information content (AvgIpc) is 3.18. The van der Waals surface area contributed by atoms with E-state index in [4.69, 9.17) is 4.74 Å².